The normalized spacial score (nSPS) is 19.3. The lowest BCUT2D eigenvalue weighted by Crippen LogP contribution is -2.35. The minimum Gasteiger partial charge on any atom is -0.339 e. The van der Waals surface area contributed by atoms with Crippen molar-refractivity contribution in [3.63, 3.8) is 0 Å². The van der Waals surface area contributed by atoms with Crippen molar-refractivity contribution in [2.45, 2.75) is 24.3 Å². The molecule has 5 nitrogen and oxygen atoms in total. The summed E-state index contributed by atoms with van der Waals surface area (Å²) in [5.74, 6) is 0.187. The Balaban J connectivity index is 0.00000242. The van der Waals surface area contributed by atoms with Gasteiger partial charge in [0, 0.05) is 19.8 Å². The summed E-state index contributed by atoms with van der Waals surface area (Å²) in [7, 11) is -1.38. The highest BCUT2D eigenvalue weighted by molar-refractivity contribution is 7.90. The van der Waals surface area contributed by atoms with Gasteiger partial charge in [-0.2, -0.15) is 0 Å². The number of rotatable bonds is 4. The number of carbonyl (C=O) groups is 1. The first kappa shape index (κ1) is 18.9. The number of sulfone groups is 1. The van der Waals surface area contributed by atoms with E-state index in [-0.39, 0.29) is 30.3 Å². The first-order valence-corrected chi connectivity index (χ1v) is 8.97. The lowest BCUT2D eigenvalue weighted by atomic mass is 10.0. The van der Waals surface area contributed by atoms with Gasteiger partial charge in [-0.25, -0.2) is 8.42 Å². The minimum atomic E-state index is -3.18. The molecular formula is C15H23ClN2O3S. The van der Waals surface area contributed by atoms with Crippen LogP contribution < -0.4 is 5.32 Å². The molecule has 1 amide bonds. The fourth-order valence-corrected chi connectivity index (χ4v) is 3.19. The number of nitrogens with zero attached hydrogens (tertiary/aromatic N) is 1. The van der Waals surface area contributed by atoms with Gasteiger partial charge in [0.05, 0.1) is 16.9 Å². The highest BCUT2D eigenvalue weighted by Crippen LogP contribution is 2.23. The molecule has 1 aromatic rings. The zero-order valence-electron chi connectivity index (χ0n) is 13.1. The van der Waals surface area contributed by atoms with Crippen LogP contribution >= 0.6 is 12.4 Å². The Morgan fingerprint density at radius 2 is 1.91 bits per heavy atom. The first-order valence-electron chi connectivity index (χ1n) is 7.08. The topological polar surface area (TPSA) is 66.5 Å². The zero-order valence-corrected chi connectivity index (χ0v) is 14.7. The number of amides is 1. The lowest BCUT2D eigenvalue weighted by Gasteiger charge is -2.27. The summed E-state index contributed by atoms with van der Waals surface area (Å²) in [6.07, 6.45) is 2.07. The van der Waals surface area contributed by atoms with E-state index in [1.54, 1.807) is 36.2 Å². The summed E-state index contributed by atoms with van der Waals surface area (Å²) in [5, 5.41) is 3.20. The van der Waals surface area contributed by atoms with Gasteiger partial charge in [-0.15, -0.1) is 12.4 Å². The van der Waals surface area contributed by atoms with E-state index in [0.29, 0.717) is 4.90 Å². The summed E-state index contributed by atoms with van der Waals surface area (Å²) in [4.78, 5) is 14.4. The van der Waals surface area contributed by atoms with E-state index in [1.807, 2.05) is 6.92 Å². The van der Waals surface area contributed by atoms with Crippen molar-refractivity contribution in [1.29, 1.82) is 0 Å². The van der Waals surface area contributed by atoms with E-state index < -0.39 is 9.84 Å². The average molecular weight is 347 g/mol. The molecule has 1 aliphatic rings. The lowest BCUT2D eigenvalue weighted by molar-refractivity contribution is -0.135. The number of carbonyl (C=O) groups excluding carboxylic acids is 1. The van der Waals surface area contributed by atoms with Crippen molar-refractivity contribution < 1.29 is 13.2 Å². The molecule has 22 heavy (non-hydrogen) atoms. The van der Waals surface area contributed by atoms with Crippen molar-refractivity contribution in [3.8, 4) is 0 Å². The Bertz CT molecular complexity index is 610. The van der Waals surface area contributed by atoms with Gasteiger partial charge in [0.2, 0.25) is 5.91 Å². The Hall–Kier alpha value is -1.11. The molecule has 1 aromatic carbocycles. The fraction of sp³-hybridized carbons (Fsp3) is 0.533. The number of hydrogen-bond donors (Lipinski definition) is 1. The van der Waals surface area contributed by atoms with E-state index in [9.17, 15) is 13.2 Å². The summed E-state index contributed by atoms with van der Waals surface area (Å²) in [6, 6.07) is 6.66. The molecule has 0 aliphatic carbocycles. The molecule has 0 bridgehead atoms. The first-order chi connectivity index (χ1) is 9.80. The number of benzene rings is 1. The molecule has 1 heterocycles. The van der Waals surface area contributed by atoms with Crippen molar-refractivity contribution in [2.24, 2.45) is 5.92 Å². The van der Waals surface area contributed by atoms with Gasteiger partial charge < -0.3 is 10.2 Å². The molecule has 1 fully saturated rings. The molecule has 124 valence electrons. The fourth-order valence-electron chi connectivity index (χ4n) is 2.56. The SMILES string of the molecule is CC(c1ccc(S(C)(=O)=O)cc1)N(C)C(=O)C1CCNC1.Cl. The van der Waals surface area contributed by atoms with Crippen LogP contribution in [0, 0.1) is 5.92 Å². The van der Waals surface area contributed by atoms with E-state index in [0.717, 1.165) is 25.1 Å². The number of hydrogen-bond acceptors (Lipinski definition) is 4. The maximum Gasteiger partial charge on any atom is 0.227 e. The van der Waals surface area contributed by atoms with Crippen LogP contribution in [0.1, 0.15) is 24.9 Å². The predicted molar refractivity (Wildman–Crippen MR) is 89.0 cm³/mol. The van der Waals surface area contributed by atoms with Crippen molar-refractivity contribution >= 4 is 28.2 Å². The highest BCUT2D eigenvalue weighted by Gasteiger charge is 2.28. The highest BCUT2D eigenvalue weighted by atomic mass is 35.5. The minimum absolute atomic E-state index is 0. The van der Waals surface area contributed by atoms with Gasteiger partial charge in [-0.3, -0.25) is 4.79 Å². The van der Waals surface area contributed by atoms with Gasteiger partial charge in [-0.05, 0) is 37.6 Å². The van der Waals surface area contributed by atoms with Crippen molar-refractivity contribution in [3.05, 3.63) is 29.8 Å². The number of halogens is 1. The maximum atomic E-state index is 12.4. The smallest absolute Gasteiger partial charge is 0.227 e. The molecule has 1 N–H and O–H groups in total. The van der Waals surface area contributed by atoms with Crippen LogP contribution in [-0.4, -0.2) is 45.6 Å². The predicted octanol–water partition coefficient (Wildman–Crippen LogP) is 1.64. The monoisotopic (exact) mass is 346 g/mol. The van der Waals surface area contributed by atoms with Gasteiger partial charge in [-0.1, -0.05) is 12.1 Å². The number of nitrogens with one attached hydrogen (secondary N) is 1. The molecule has 0 spiro atoms. The second-order valence-electron chi connectivity index (χ2n) is 5.66. The second-order valence-corrected chi connectivity index (χ2v) is 7.67. The summed E-state index contributed by atoms with van der Waals surface area (Å²) >= 11 is 0. The van der Waals surface area contributed by atoms with Crippen LogP contribution in [0.5, 0.6) is 0 Å². The van der Waals surface area contributed by atoms with E-state index in [2.05, 4.69) is 5.32 Å². The van der Waals surface area contributed by atoms with Crippen LogP contribution in [0.3, 0.4) is 0 Å². The molecular weight excluding hydrogens is 324 g/mol. The Morgan fingerprint density at radius 1 is 1.32 bits per heavy atom. The molecule has 7 heteroatoms. The van der Waals surface area contributed by atoms with Crippen LogP contribution in [0.2, 0.25) is 0 Å². The summed E-state index contributed by atoms with van der Waals surface area (Å²) in [6.45, 7) is 3.58. The van der Waals surface area contributed by atoms with Crippen molar-refractivity contribution in [2.75, 3.05) is 26.4 Å². The molecule has 2 unspecified atom stereocenters. The largest absolute Gasteiger partial charge is 0.339 e. The van der Waals surface area contributed by atoms with Crippen molar-refractivity contribution in [1.82, 2.24) is 10.2 Å². The van der Waals surface area contributed by atoms with Gasteiger partial charge in [0.15, 0.2) is 9.84 Å². The van der Waals surface area contributed by atoms with E-state index in [4.69, 9.17) is 0 Å². The third kappa shape index (κ3) is 4.21. The molecule has 0 saturated carbocycles. The van der Waals surface area contributed by atoms with Crippen LogP contribution in [0.4, 0.5) is 0 Å². The Morgan fingerprint density at radius 3 is 2.36 bits per heavy atom. The molecule has 2 atom stereocenters. The maximum absolute atomic E-state index is 12.4. The summed E-state index contributed by atoms with van der Waals surface area (Å²) < 4.78 is 22.9. The third-order valence-corrected chi connectivity index (χ3v) is 5.26. The van der Waals surface area contributed by atoms with Gasteiger partial charge in [0.25, 0.3) is 0 Å². The molecule has 0 radical (unpaired) electrons. The quantitative estimate of drug-likeness (QED) is 0.900. The third-order valence-electron chi connectivity index (χ3n) is 4.13. The Labute approximate surface area is 138 Å². The Kier molecular flexibility index (Phi) is 6.40. The van der Waals surface area contributed by atoms with Crippen LogP contribution in [-0.2, 0) is 14.6 Å². The van der Waals surface area contributed by atoms with Crippen LogP contribution in [0.25, 0.3) is 0 Å². The van der Waals surface area contributed by atoms with Gasteiger partial charge >= 0.3 is 0 Å². The standard InChI is InChI=1S/C15H22N2O3S.ClH/c1-11(17(2)15(18)13-8-9-16-10-13)12-4-6-14(7-5-12)21(3,19)20;/h4-7,11,13,16H,8-10H2,1-3H3;1H. The molecule has 1 saturated heterocycles. The van der Waals surface area contributed by atoms with E-state index in [1.165, 1.54) is 6.26 Å². The summed E-state index contributed by atoms with van der Waals surface area (Å²) in [5.41, 5.74) is 0.934. The molecule has 2 rings (SSSR count). The van der Waals surface area contributed by atoms with Gasteiger partial charge in [0.1, 0.15) is 0 Å². The second kappa shape index (κ2) is 7.44. The molecule has 1 aliphatic heterocycles. The van der Waals surface area contributed by atoms with E-state index >= 15 is 0 Å². The zero-order chi connectivity index (χ0) is 15.6. The average Bonchev–Trinajstić information content (AvgIpc) is 2.98. The molecule has 0 aromatic heterocycles. The van der Waals surface area contributed by atoms with Crippen LogP contribution in [0.15, 0.2) is 29.2 Å².